The van der Waals surface area contributed by atoms with Crippen molar-refractivity contribution in [3.63, 3.8) is 0 Å². The van der Waals surface area contributed by atoms with Crippen molar-refractivity contribution in [1.29, 1.82) is 0 Å². The Balaban J connectivity index is 2.04. The van der Waals surface area contributed by atoms with Gasteiger partial charge in [0.1, 0.15) is 0 Å². The molecule has 1 aliphatic rings. The minimum absolute atomic E-state index is 0.0428. The third kappa shape index (κ3) is 2.97. The van der Waals surface area contributed by atoms with E-state index in [9.17, 15) is 14.7 Å². The minimum Gasteiger partial charge on any atom is -0.481 e. The molecule has 0 aromatic carbocycles. The Bertz CT molecular complexity index is 457. The van der Waals surface area contributed by atoms with Crippen LogP contribution in [0.2, 0.25) is 0 Å². The lowest BCUT2D eigenvalue weighted by Crippen LogP contribution is -2.50. The molecule has 19 heavy (non-hydrogen) atoms. The third-order valence-corrected chi connectivity index (χ3v) is 4.84. The molecule has 1 aliphatic heterocycles. The summed E-state index contributed by atoms with van der Waals surface area (Å²) >= 11 is 1.56. The first-order chi connectivity index (χ1) is 9.07. The Morgan fingerprint density at radius 3 is 2.89 bits per heavy atom. The smallest absolute Gasteiger partial charge is 0.311 e. The van der Waals surface area contributed by atoms with Gasteiger partial charge in [-0.1, -0.05) is 13.0 Å². The summed E-state index contributed by atoms with van der Waals surface area (Å²) in [5.74, 6) is -0.732. The number of aliphatic carboxylic acids is 1. The molecule has 2 heterocycles. The van der Waals surface area contributed by atoms with Gasteiger partial charge in [0.05, 0.1) is 11.8 Å². The molecular formula is C14H19NO3S. The first-order valence-corrected chi connectivity index (χ1v) is 7.49. The predicted octanol–water partition coefficient (Wildman–Crippen LogP) is 2.39. The van der Waals surface area contributed by atoms with Crippen LogP contribution >= 0.6 is 11.3 Å². The van der Waals surface area contributed by atoms with Crippen LogP contribution in [0.3, 0.4) is 0 Å². The molecule has 5 heteroatoms. The van der Waals surface area contributed by atoms with E-state index in [1.807, 2.05) is 24.4 Å². The van der Waals surface area contributed by atoms with Gasteiger partial charge >= 0.3 is 5.97 Å². The lowest BCUT2D eigenvalue weighted by Gasteiger charge is -2.39. The van der Waals surface area contributed by atoms with Crippen LogP contribution in [0.1, 0.15) is 31.1 Å². The summed E-state index contributed by atoms with van der Waals surface area (Å²) in [6, 6.07) is 3.87. The lowest BCUT2D eigenvalue weighted by molar-refractivity contribution is -0.155. The van der Waals surface area contributed by atoms with Gasteiger partial charge in [-0.15, -0.1) is 11.3 Å². The molecule has 1 amide bonds. The number of rotatable bonds is 4. The van der Waals surface area contributed by atoms with E-state index in [-0.39, 0.29) is 5.91 Å². The molecule has 104 valence electrons. The quantitative estimate of drug-likeness (QED) is 0.922. The van der Waals surface area contributed by atoms with Gasteiger partial charge in [-0.05, 0) is 30.7 Å². The number of likely N-dealkylation sites (tertiary alicyclic amines) is 1. The molecule has 0 spiro atoms. The van der Waals surface area contributed by atoms with Crippen molar-refractivity contribution in [2.24, 2.45) is 5.41 Å². The average molecular weight is 281 g/mol. The van der Waals surface area contributed by atoms with Crippen LogP contribution in [0.15, 0.2) is 17.5 Å². The summed E-state index contributed by atoms with van der Waals surface area (Å²) in [5, 5.41) is 11.4. The highest BCUT2D eigenvalue weighted by Crippen LogP contribution is 2.34. The molecule has 0 aliphatic carbocycles. The standard InChI is InChI=1S/C14H19NO3S/c1-2-14(13(17)18)6-4-7-15(10-14)12(16)9-11-5-3-8-19-11/h3,5,8H,2,4,6-7,9-10H2,1H3,(H,17,18)/t14-/m0/s1. The molecule has 4 nitrogen and oxygen atoms in total. The second-order valence-electron chi connectivity index (χ2n) is 5.11. The second-order valence-corrected chi connectivity index (χ2v) is 6.15. The number of thiophene rings is 1. The highest BCUT2D eigenvalue weighted by Gasteiger charge is 2.41. The predicted molar refractivity (Wildman–Crippen MR) is 74.2 cm³/mol. The minimum atomic E-state index is -0.774. The number of nitrogens with zero attached hydrogens (tertiary/aromatic N) is 1. The van der Waals surface area contributed by atoms with E-state index in [1.165, 1.54) is 0 Å². The van der Waals surface area contributed by atoms with E-state index in [0.717, 1.165) is 11.3 Å². The van der Waals surface area contributed by atoms with Gasteiger partial charge in [0.15, 0.2) is 0 Å². The van der Waals surface area contributed by atoms with E-state index >= 15 is 0 Å². The monoisotopic (exact) mass is 281 g/mol. The Kier molecular flexibility index (Phi) is 4.24. The Morgan fingerprint density at radius 2 is 2.32 bits per heavy atom. The van der Waals surface area contributed by atoms with Gasteiger partial charge in [0, 0.05) is 18.0 Å². The summed E-state index contributed by atoms with van der Waals surface area (Å²) in [7, 11) is 0. The van der Waals surface area contributed by atoms with Crippen LogP contribution in [0.25, 0.3) is 0 Å². The summed E-state index contributed by atoms with van der Waals surface area (Å²) in [4.78, 5) is 26.4. The number of hydrogen-bond acceptors (Lipinski definition) is 3. The molecular weight excluding hydrogens is 262 g/mol. The first-order valence-electron chi connectivity index (χ1n) is 6.61. The average Bonchev–Trinajstić information content (AvgIpc) is 2.91. The maximum Gasteiger partial charge on any atom is 0.311 e. The van der Waals surface area contributed by atoms with E-state index in [2.05, 4.69) is 0 Å². The van der Waals surface area contributed by atoms with E-state index in [1.54, 1.807) is 16.2 Å². The molecule has 0 bridgehead atoms. The number of carboxylic acid groups (broad SMARTS) is 1. The van der Waals surface area contributed by atoms with Crippen LogP contribution in [0.5, 0.6) is 0 Å². The molecule has 1 fully saturated rings. The van der Waals surface area contributed by atoms with Gasteiger partial charge < -0.3 is 10.0 Å². The summed E-state index contributed by atoms with van der Waals surface area (Å²) in [6.07, 6.45) is 2.40. The topological polar surface area (TPSA) is 57.6 Å². The van der Waals surface area contributed by atoms with E-state index in [0.29, 0.717) is 32.4 Å². The molecule has 1 aromatic rings. The second kappa shape index (κ2) is 5.74. The number of carbonyl (C=O) groups excluding carboxylic acids is 1. The van der Waals surface area contributed by atoms with Crippen LogP contribution < -0.4 is 0 Å². The van der Waals surface area contributed by atoms with Crippen molar-refractivity contribution in [2.45, 2.75) is 32.6 Å². The maximum atomic E-state index is 12.2. The Hall–Kier alpha value is -1.36. The Morgan fingerprint density at radius 1 is 1.53 bits per heavy atom. The zero-order valence-corrected chi connectivity index (χ0v) is 11.9. The van der Waals surface area contributed by atoms with Crippen LogP contribution in [0.4, 0.5) is 0 Å². The van der Waals surface area contributed by atoms with Gasteiger partial charge in [-0.3, -0.25) is 9.59 Å². The van der Waals surface area contributed by atoms with Gasteiger partial charge in [-0.25, -0.2) is 0 Å². The molecule has 1 aromatic heterocycles. The normalized spacial score (nSPS) is 23.3. The molecule has 2 rings (SSSR count). The zero-order valence-electron chi connectivity index (χ0n) is 11.1. The molecule has 1 N–H and O–H groups in total. The van der Waals surface area contributed by atoms with Crippen molar-refractivity contribution in [1.82, 2.24) is 4.90 Å². The maximum absolute atomic E-state index is 12.2. The van der Waals surface area contributed by atoms with Gasteiger partial charge in [0.25, 0.3) is 0 Å². The summed E-state index contributed by atoms with van der Waals surface area (Å²) in [6.45, 7) is 2.92. The zero-order chi connectivity index (χ0) is 13.9. The Labute approximate surface area is 117 Å². The number of piperidine rings is 1. The highest BCUT2D eigenvalue weighted by atomic mass is 32.1. The number of amides is 1. The fourth-order valence-corrected chi connectivity index (χ4v) is 3.33. The SMILES string of the molecule is CC[C@]1(C(=O)O)CCCN(C(=O)Cc2cccs2)C1. The van der Waals surface area contributed by atoms with Crippen molar-refractivity contribution in [2.75, 3.05) is 13.1 Å². The summed E-state index contributed by atoms with van der Waals surface area (Å²) in [5.41, 5.74) is -0.747. The first kappa shape index (κ1) is 14.1. The largest absolute Gasteiger partial charge is 0.481 e. The van der Waals surface area contributed by atoms with E-state index < -0.39 is 11.4 Å². The number of carboxylic acids is 1. The fraction of sp³-hybridized carbons (Fsp3) is 0.571. The van der Waals surface area contributed by atoms with Gasteiger partial charge in [0.2, 0.25) is 5.91 Å². The van der Waals surface area contributed by atoms with Gasteiger partial charge in [-0.2, -0.15) is 0 Å². The molecule has 0 unspecified atom stereocenters. The molecule has 1 saturated heterocycles. The molecule has 0 saturated carbocycles. The van der Waals surface area contributed by atoms with Crippen molar-refractivity contribution >= 4 is 23.2 Å². The third-order valence-electron chi connectivity index (χ3n) is 3.97. The van der Waals surface area contributed by atoms with Crippen molar-refractivity contribution < 1.29 is 14.7 Å². The van der Waals surface area contributed by atoms with Crippen molar-refractivity contribution in [3.05, 3.63) is 22.4 Å². The van der Waals surface area contributed by atoms with E-state index in [4.69, 9.17) is 0 Å². The number of hydrogen-bond donors (Lipinski definition) is 1. The van der Waals surface area contributed by atoms with Crippen LogP contribution in [-0.4, -0.2) is 35.0 Å². The summed E-state index contributed by atoms with van der Waals surface area (Å²) < 4.78 is 0. The van der Waals surface area contributed by atoms with Crippen LogP contribution in [-0.2, 0) is 16.0 Å². The fourth-order valence-electron chi connectivity index (χ4n) is 2.63. The molecule has 1 atom stereocenters. The lowest BCUT2D eigenvalue weighted by atomic mass is 9.77. The molecule has 0 radical (unpaired) electrons. The highest BCUT2D eigenvalue weighted by molar-refractivity contribution is 7.10. The van der Waals surface area contributed by atoms with Crippen LogP contribution in [0, 0.1) is 5.41 Å². The van der Waals surface area contributed by atoms with Crippen molar-refractivity contribution in [3.8, 4) is 0 Å². The number of carbonyl (C=O) groups is 2.